The molecule has 110 valence electrons. The monoisotopic (exact) mass is 317 g/mol. The van der Waals surface area contributed by atoms with E-state index in [2.05, 4.69) is 0 Å². The second kappa shape index (κ2) is 6.01. The SMILES string of the molecule is COc1ccc(S(=O)(=O)Cl)cc1CC(=O)N1CCCC1. The highest BCUT2D eigenvalue weighted by molar-refractivity contribution is 8.13. The molecule has 0 bridgehead atoms. The van der Waals surface area contributed by atoms with E-state index in [4.69, 9.17) is 15.4 Å². The van der Waals surface area contributed by atoms with Crippen molar-refractivity contribution in [2.75, 3.05) is 20.2 Å². The highest BCUT2D eigenvalue weighted by atomic mass is 35.7. The molecule has 0 spiro atoms. The number of hydrogen-bond acceptors (Lipinski definition) is 4. The summed E-state index contributed by atoms with van der Waals surface area (Å²) in [6, 6.07) is 4.28. The van der Waals surface area contributed by atoms with Crippen LogP contribution in [-0.4, -0.2) is 39.4 Å². The number of nitrogens with zero attached hydrogens (tertiary/aromatic N) is 1. The van der Waals surface area contributed by atoms with Gasteiger partial charge in [-0.05, 0) is 31.0 Å². The highest BCUT2D eigenvalue weighted by Gasteiger charge is 2.21. The third-order valence-corrected chi connectivity index (χ3v) is 4.69. The minimum Gasteiger partial charge on any atom is -0.496 e. The number of amides is 1. The van der Waals surface area contributed by atoms with Gasteiger partial charge in [0.2, 0.25) is 5.91 Å². The van der Waals surface area contributed by atoms with Crippen LogP contribution in [0, 0.1) is 0 Å². The fraction of sp³-hybridized carbons (Fsp3) is 0.462. The number of hydrogen-bond donors (Lipinski definition) is 0. The molecule has 1 aromatic rings. The Bertz CT molecular complexity index is 609. The number of carbonyl (C=O) groups is 1. The average Bonchev–Trinajstić information content (AvgIpc) is 2.91. The maximum Gasteiger partial charge on any atom is 0.261 e. The lowest BCUT2D eigenvalue weighted by molar-refractivity contribution is -0.129. The fourth-order valence-electron chi connectivity index (χ4n) is 2.29. The van der Waals surface area contributed by atoms with E-state index in [1.165, 1.54) is 25.3 Å². The first-order valence-electron chi connectivity index (χ1n) is 6.31. The zero-order valence-corrected chi connectivity index (χ0v) is 12.7. The van der Waals surface area contributed by atoms with Gasteiger partial charge in [-0.3, -0.25) is 4.79 Å². The van der Waals surface area contributed by atoms with Crippen molar-refractivity contribution in [2.45, 2.75) is 24.2 Å². The Kier molecular flexibility index (Phi) is 4.55. The van der Waals surface area contributed by atoms with Crippen molar-refractivity contribution in [1.29, 1.82) is 0 Å². The second-order valence-corrected chi connectivity index (χ2v) is 7.24. The lowest BCUT2D eigenvalue weighted by atomic mass is 10.1. The molecule has 0 aliphatic carbocycles. The van der Waals surface area contributed by atoms with Crippen LogP contribution in [0.4, 0.5) is 0 Å². The molecule has 5 nitrogen and oxygen atoms in total. The minimum atomic E-state index is -3.81. The highest BCUT2D eigenvalue weighted by Crippen LogP contribution is 2.25. The normalized spacial score (nSPS) is 15.4. The van der Waals surface area contributed by atoms with Gasteiger partial charge in [-0.1, -0.05) is 0 Å². The topological polar surface area (TPSA) is 63.7 Å². The molecule has 1 fully saturated rings. The largest absolute Gasteiger partial charge is 0.496 e. The van der Waals surface area contributed by atoms with E-state index in [-0.39, 0.29) is 17.2 Å². The van der Waals surface area contributed by atoms with Crippen molar-refractivity contribution in [1.82, 2.24) is 4.90 Å². The van der Waals surface area contributed by atoms with Crippen molar-refractivity contribution in [3.8, 4) is 5.75 Å². The number of likely N-dealkylation sites (tertiary alicyclic amines) is 1. The molecule has 0 unspecified atom stereocenters. The van der Waals surface area contributed by atoms with Gasteiger partial charge < -0.3 is 9.64 Å². The second-order valence-electron chi connectivity index (χ2n) is 4.68. The van der Waals surface area contributed by atoms with Gasteiger partial charge in [-0.15, -0.1) is 0 Å². The summed E-state index contributed by atoms with van der Waals surface area (Å²) in [5.74, 6) is 0.464. The number of carbonyl (C=O) groups excluding carboxylic acids is 1. The third-order valence-electron chi connectivity index (χ3n) is 3.33. The molecule has 0 N–H and O–H groups in total. The Balaban J connectivity index is 2.26. The number of methoxy groups -OCH3 is 1. The quantitative estimate of drug-likeness (QED) is 0.794. The van der Waals surface area contributed by atoms with Crippen LogP contribution in [0.5, 0.6) is 5.75 Å². The Hall–Kier alpha value is -1.27. The fourth-order valence-corrected chi connectivity index (χ4v) is 3.09. The van der Waals surface area contributed by atoms with E-state index in [1.54, 1.807) is 4.90 Å². The average molecular weight is 318 g/mol. The first-order chi connectivity index (χ1) is 9.41. The van der Waals surface area contributed by atoms with E-state index in [1.807, 2.05) is 0 Å². The van der Waals surface area contributed by atoms with Crippen LogP contribution in [0.3, 0.4) is 0 Å². The summed E-state index contributed by atoms with van der Waals surface area (Å²) in [6.07, 6.45) is 2.14. The van der Waals surface area contributed by atoms with E-state index in [9.17, 15) is 13.2 Å². The van der Waals surface area contributed by atoms with Crippen molar-refractivity contribution in [3.63, 3.8) is 0 Å². The number of benzene rings is 1. The third kappa shape index (κ3) is 3.43. The molecular weight excluding hydrogens is 302 g/mol. The molecule has 20 heavy (non-hydrogen) atoms. The minimum absolute atomic E-state index is 0.0232. The number of rotatable bonds is 4. The van der Waals surface area contributed by atoms with Gasteiger partial charge in [0.15, 0.2) is 0 Å². The maximum absolute atomic E-state index is 12.1. The van der Waals surface area contributed by atoms with Gasteiger partial charge in [0.25, 0.3) is 9.05 Å². The van der Waals surface area contributed by atoms with E-state index < -0.39 is 9.05 Å². The predicted molar refractivity (Wildman–Crippen MR) is 75.6 cm³/mol. The number of ether oxygens (including phenoxy) is 1. The van der Waals surface area contributed by atoms with Crippen molar-refractivity contribution in [3.05, 3.63) is 23.8 Å². The van der Waals surface area contributed by atoms with Crippen LogP contribution in [0.1, 0.15) is 18.4 Å². The van der Waals surface area contributed by atoms with Crippen LogP contribution in [0.2, 0.25) is 0 Å². The first-order valence-corrected chi connectivity index (χ1v) is 8.62. The molecule has 1 aliphatic rings. The Morgan fingerprint density at radius 2 is 2.00 bits per heavy atom. The summed E-state index contributed by atoms with van der Waals surface area (Å²) in [6.45, 7) is 1.52. The summed E-state index contributed by atoms with van der Waals surface area (Å²) in [5.41, 5.74) is 0.533. The Morgan fingerprint density at radius 1 is 1.35 bits per heavy atom. The van der Waals surface area contributed by atoms with Gasteiger partial charge in [-0.2, -0.15) is 0 Å². The van der Waals surface area contributed by atoms with Crippen LogP contribution >= 0.6 is 10.7 Å². The zero-order chi connectivity index (χ0) is 14.8. The molecule has 0 aromatic heterocycles. The maximum atomic E-state index is 12.1. The van der Waals surface area contributed by atoms with E-state index in [0.29, 0.717) is 11.3 Å². The van der Waals surface area contributed by atoms with E-state index in [0.717, 1.165) is 25.9 Å². The molecule has 1 heterocycles. The van der Waals surface area contributed by atoms with Gasteiger partial charge in [0.05, 0.1) is 18.4 Å². The number of halogens is 1. The molecule has 1 amide bonds. The lowest BCUT2D eigenvalue weighted by Gasteiger charge is -2.16. The molecule has 1 aliphatic heterocycles. The predicted octanol–water partition coefficient (Wildman–Crippen LogP) is 1.79. The summed E-state index contributed by atoms with van der Waals surface area (Å²) in [7, 11) is 2.99. The summed E-state index contributed by atoms with van der Waals surface area (Å²) in [4.78, 5) is 13.9. The molecule has 7 heteroatoms. The van der Waals surface area contributed by atoms with Gasteiger partial charge in [0.1, 0.15) is 5.75 Å². The standard InChI is InChI=1S/C13H16ClNO4S/c1-19-12-5-4-11(20(14,17)18)8-10(12)9-13(16)15-6-2-3-7-15/h4-5,8H,2-3,6-7,9H2,1H3. The molecule has 0 radical (unpaired) electrons. The summed E-state index contributed by atoms with van der Waals surface area (Å²) >= 11 is 0. The zero-order valence-electron chi connectivity index (χ0n) is 11.1. The lowest BCUT2D eigenvalue weighted by Crippen LogP contribution is -2.29. The van der Waals surface area contributed by atoms with Crippen molar-refractivity contribution >= 4 is 25.6 Å². The van der Waals surface area contributed by atoms with Crippen LogP contribution in [-0.2, 0) is 20.3 Å². The van der Waals surface area contributed by atoms with Gasteiger partial charge >= 0.3 is 0 Å². The van der Waals surface area contributed by atoms with Gasteiger partial charge in [0, 0.05) is 29.3 Å². The van der Waals surface area contributed by atoms with Crippen molar-refractivity contribution < 1.29 is 17.9 Å². The van der Waals surface area contributed by atoms with E-state index >= 15 is 0 Å². The summed E-state index contributed by atoms with van der Waals surface area (Å²) in [5, 5.41) is 0. The van der Waals surface area contributed by atoms with Crippen LogP contribution < -0.4 is 4.74 Å². The molecule has 1 aromatic carbocycles. The van der Waals surface area contributed by atoms with Crippen LogP contribution in [0.15, 0.2) is 23.1 Å². The van der Waals surface area contributed by atoms with Crippen LogP contribution in [0.25, 0.3) is 0 Å². The Morgan fingerprint density at radius 3 is 2.55 bits per heavy atom. The molecule has 0 atom stereocenters. The molecule has 0 saturated carbocycles. The molecular formula is C13H16ClNO4S. The van der Waals surface area contributed by atoms with Crippen molar-refractivity contribution in [2.24, 2.45) is 0 Å². The molecule has 1 saturated heterocycles. The first kappa shape index (κ1) is 15.1. The van der Waals surface area contributed by atoms with Gasteiger partial charge in [-0.25, -0.2) is 8.42 Å². The smallest absolute Gasteiger partial charge is 0.261 e. The molecule has 2 rings (SSSR count). The summed E-state index contributed by atoms with van der Waals surface area (Å²) < 4.78 is 27.9. The Labute approximate surface area is 122 Å².